The van der Waals surface area contributed by atoms with Crippen molar-refractivity contribution in [2.75, 3.05) is 0 Å². The summed E-state index contributed by atoms with van der Waals surface area (Å²) >= 11 is 0. The van der Waals surface area contributed by atoms with Crippen molar-refractivity contribution in [2.24, 2.45) is 11.8 Å². The van der Waals surface area contributed by atoms with E-state index in [4.69, 9.17) is 0 Å². The van der Waals surface area contributed by atoms with Crippen molar-refractivity contribution in [1.29, 1.82) is 0 Å². The van der Waals surface area contributed by atoms with E-state index in [9.17, 15) is 9.50 Å². The van der Waals surface area contributed by atoms with Crippen LogP contribution < -0.4 is 0 Å². The van der Waals surface area contributed by atoms with E-state index >= 15 is 0 Å². The lowest BCUT2D eigenvalue weighted by atomic mass is 9.76. The molecule has 21 heavy (non-hydrogen) atoms. The fourth-order valence-electron chi connectivity index (χ4n) is 3.71. The monoisotopic (exact) mass is 286 g/mol. The summed E-state index contributed by atoms with van der Waals surface area (Å²) < 4.78 is 13.9. The van der Waals surface area contributed by atoms with Gasteiger partial charge in [-0.25, -0.2) is 4.39 Å². The van der Waals surface area contributed by atoms with Crippen LogP contribution in [-0.4, -0.2) is 5.11 Å². The molecule has 112 valence electrons. The van der Waals surface area contributed by atoms with E-state index in [1.54, 1.807) is 12.1 Å². The predicted molar refractivity (Wildman–Crippen MR) is 84.6 cm³/mol. The van der Waals surface area contributed by atoms with E-state index in [0.717, 1.165) is 29.7 Å². The lowest BCUT2D eigenvalue weighted by molar-refractivity contribution is 0.0740. The van der Waals surface area contributed by atoms with Gasteiger partial charge in [-0.3, -0.25) is 0 Å². The summed E-state index contributed by atoms with van der Waals surface area (Å²) in [7, 11) is 0. The Morgan fingerprint density at radius 3 is 2.38 bits per heavy atom. The average Bonchev–Trinajstić information content (AvgIpc) is 2.55. The molecule has 2 heteroatoms. The van der Waals surface area contributed by atoms with Gasteiger partial charge in [-0.2, -0.15) is 0 Å². The molecule has 0 amide bonds. The molecule has 1 atom stereocenters. The third-order valence-corrected chi connectivity index (χ3v) is 5.14. The van der Waals surface area contributed by atoms with Gasteiger partial charge in [0.1, 0.15) is 5.82 Å². The van der Waals surface area contributed by atoms with Gasteiger partial charge in [0.15, 0.2) is 0 Å². The highest BCUT2D eigenvalue weighted by Crippen LogP contribution is 2.39. The Hall–Kier alpha value is -1.41. The van der Waals surface area contributed by atoms with Gasteiger partial charge in [0.2, 0.25) is 0 Å². The third-order valence-electron chi connectivity index (χ3n) is 5.14. The van der Waals surface area contributed by atoms with Crippen LogP contribution in [-0.2, 0) is 0 Å². The van der Waals surface area contributed by atoms with Crippen LogP contribution in [0.5, 0.6) is 0 Å². The largest absolute Gasteiger partial charge is 0.388 e. The van der Waals surface area contributed by atoms with E-state index in [-0.39, 0.29) is 5.82 Å². The normalized spacial score (nSPS) is 24.1. The molecule has 0 heterocycles. The molecule has 1 N–H and O–H groups in total. The minimum atomic E-state index is -0.478. The number of aliphatic hydroxyl groups excluding tert-OH is 1. The lowest BCUT2D eigenvalue weighted by Crippen LogP contribution is -2.20. The maximum absolute atomic E-state index is 13.9. The van der Waals surface area contributed by atoms with Gasteiger partial charge >= 0.3 is 0 Å². The Labute approximate surface area is 125 Å². The van der Waals surface area contributed by atoms with Crippen molar-refractivity contribution in [3.8, 4) is 0 Å². The van der Waals surface area contributed by atoms with Gasteiger partial charge in [-0.05, 0) is 41.7 Å². The molecule has 3 rings (SSSR count). The molecule has 0 aromatic heterocycles. The maximum atomic E-state index is 13.9. The smallest absolute Gasteiger partial charge is 0.131 e. The molecule has 0 spiro atoms. The molecule has 1 aliphatic rings. The summed E-state index contributed by atoms with van der Waals surface area (Å²) in [4.78, 5) is 0. The Morgan fingerprint density at radius 2 is 1.71 bits per heavy atom. The van der Waals surface area contributed by atoms with Gasteiger partial charge < -0.3 is 5.11 Å². The summed E-state index contributed by atoms with van der Waals surface area (Å²) in [5.74, 6) is 0.913. The molecule has 1 saturated carbocycles. The van der Waals surface area contributed by atoms with Crippen LogP contribution >= 0.6 is 0 Å². The predicted octanol–water partition coefficient (Wildman–Crippen LogP) is 5.23. The van der Waals surface area contributed by atoms with Gasteiger partial charge in [-0.15, -0.1) is 0 Å². The Balaban J connectivity index is 1.88. The molecule has 0 radical (unpaired) electrons. The quantitative estimate of drug-likeness (QED) is 0.819. The van der Waals surface area contributed by atoms with Crippen LogP contribution in [0.3, 0.4) is 0 Å². The van der Waals surface area contributed by atoms with Crippen molar-refractivity contribution in [3.63, 3.8) is 0 Å². The standard InChI is InChI=1S/C19H23FO/c1-2-13-7-9-14(10-8-13)19(21)17-11-12-18(20)16-6-4-3-5-15(16)17/h3-6,11-14,19,21H,2,7-10H2,1H3. The first-order chi connectivity index (χ1) is 10.2. The summed E-state index contributed by atoms with van der Waals surface area (Å²) in [6.45, 7) is 2.24. The fraction of sp³-hybridized carbons (Fsp3) is 0.474. The summed E-state index contributed by atoms with van der Waals surface area (Å²) in [6.07, 6.45) is 5.32. The topological polar surface area (TPSA) is 20.2 Å². The highest BCUT2D eigenvalue weighted by molar-refractivity contribution is 5.86. The van der Waals surface area contributed by atoms with Gasteiger partial charge in [0, 0.05) is 5.39 Å². The highest BCUT2D eigenvalue weighted by atomic mass is 19.1. The zero-order valence-electron chi connectivity index (χ0n) is 12.6. The van der Waals surface area contributed by atoms with Crippen molar-refractivity contribution in [1.82, 2.24) is 0 Å². The summed E-state index contributed by atoms with van der Waals surface area (Å²) in [5, 5.41) is 12.2. The molecule has 1 aliphatic carbocycles. The summed E-state index contributed by atoms with van der Waals surface area (Å²) in [5.41, 5.74) is 0.881. The fourth-order valence-corrected chi connectivity index (χ4v) is 3.71. The second-order valence-corrected chi connectivity index (χ2v) is 6.32. The van der Waals surface area contributed by atoms with E-state index in [2.05, 4.69) is 6.92 Å². The number of halogens is 1. The van der Waals surface area contributed by atoms with Crippen molar-refractivity contribution < 1.29 is 9.50 Å². The average molecular weight is 286 g/mol. The van der Waals surface area contributed by atoms with E-state index in [1.807, 2.05) is 18.2 Å². The number of fused-ring (bicyclic) bond motifs is 1. The first-order valence-corrected chi connectivity index (χ1v) is 8.06. The molecule has 0 bridgehead atoms. The molecule has 1 unspecified atom stereocenters. The molecule has 2 aromatic rings. The van der Waals surface area contributed by atoms with Crippen LogP contribution in [0.2, 0.25) is 0 Å². The molecule has 0 aliphatic heterocycles. The number of hydrogen-bond donors (Lipinski definition) is 1. The molecule has 2 aromatic carbocycles. The third kappa shape index (κ3) is 2.82. The Morgan fingerprint density at radius 1 is 1.05 bits per heavy atom. The van der Waals surface area contributed by atoms with Crippen LogP contribution in [0.1, 0.15) is 50.7 Å². The second-order valence-electron chi connectivity index (χ2n) is 6.32. The van der Waals surface area contributed by atoms with Gasteiger partial charge in [0.25, 0.3) is 0 Å². The lowest BCUT2D eigenvalue weighted by Gasteiger charge is -2.31. The maximum Gasteiger partial charge on any atom is 0.131 e. The first kappa shape index (κ1) is 14.5. The van der Waals surface area contributed by atoms with Gasteiger partial charge in [-0.1, -0.05) is 56.5 Å². The van der Waals surface area contributed by atoms with Crippen LogP contribution in [0, 0.1) is 17.7 Å². The van der Waals surface area contributed by atoms with Crippen molar-refractivity contribution in [3.05, 3.63) is 47.8 Å². The minimum absolute atomic E-state index is 0.212. The number of rotatable bonds is 3. The van der Waals surface area contributed by atoms with Crippen molar-refractivity contribution >= 4 is 10.8 Å². The SMILES string of the molecule is CCC1CCC(C(O)c2ccc(F)c3ccccc23)CC1. The summed E-state index contributed by atoms with van der Waals surface area (Å²) in [6, 6.07) is 10.7. The minimum Gasteiger partial charge on any atom is -0.388 e. The Bertz CT molecular complexity index is 614. The second kappa shape index (κ2) is 6.15. The van der Waals surface area contributed by atoms with Crippen LogP contribution in [0.4, 0.5) is 4.39 Å². The molecule has 1 fully saturated rings. The number of benzene rings is 2. The Kier molecular flexibility index (Phi) is 4.25. The first-order valence-electron chi connectivity index (χ1n) is 8.06. The number of aliphatic hydroxyl groups is 1. The molecule has 1 nitrogen and oxygen atoms in total. The highest BCUT2D eigenvalue weighted by Gasteiger charge is 2.27. The van der Waals surface area contributed by atoms with E-state index in [0.29, 0.717) is 11.3 Å². The van der Waals surface area contributed by atoms with Crippen LogP contribution in [0.25, 0.3) is 10.8 Å². The zero-order valence-corrected chi connectivity index (χ0v) is 12.6. The van der Waals surface area contributed by atoms with Crippen LogP contribution in [0.15, 0.2) is 36.4 Å². The van der Waals surface area contributed by atoms with E-state index in [1.165, 1.54) is 25.3 Å². The zero-order chi connectivity index (χ0) is 14.8. The number of hydrogen-bond acceptors (Lipinski definition) is 1. The molecular formula is C19H23FO. The van der Waals surface area contributed by atoms with Crippen molar-refractivity contribution in [2.45, 2.75) is 45.1 Å². The molecule has 0 saturated heterocycles. The molecular weight excluding hydrogens is 263 g/mol. The van der Waals surface area contributed by atoms with E-state index < -0.39 is 6.10 Å². The van der Waals surface area contributed by atoms with Gasteiger partial charge in [0.05, 0.1) is 6.10 Å².